The van der Waals surface area contributed by atoms with E-state index in [1.165, 1.54) is 55.6 Å². The molecule has 3 aromatic rings. The average Bonchev–Trinajstić information content (AvgIpc) is 2.86. The Balaban J connectivity index is 2.49. The minimum atomic E-state index is -0.402. The van der Waals surface area contributed by atoms with Gasteiger partial charge in [0.2, 0.25) is 0 Å². The van der Waals surface area contributed by atoms with Crippen molar-refractivity contribution in [1.29, 1.82) is 0 Å². The number of halogens is 1. The van der Waals surface area contributed by atoms with Gasteiger partial charge in [0.15, 0.2) is 0 Å². The SMILES string of the molecule is CC(C)c1cc(C(C)C)c(-c2cccc(-c3c(C(C)C)cc(C(C)C)cc3C(C)C)c2[Te]I)c(C(C)C)c1. The van der Waals surface area contributed by atoms with Gasteiger partial charge >= 0.3 is 256 Å². The number of benzene rings is 3. The van der Waals surface area contributed by atoms with Gasteiger partial charge in [0.05, 0.1) is 0 Å². The molecule has 0 spiro atoms. The van der Waals surface area contributed by atoms with Crippen molar-refractivity contribution in [2.24, 2.45) is 0 Å². The summed E-state index contributed by atoms with van der Waals surface area (Å²) in [7, 11) is 0. The van der Waals surface area contributed by atoms with Gasteiger partial charge in [-0.15, -0.1) is 0 Å². The summed E-state index contributed by atoms with van der Waals surface area (Å²) in [6.45, 7) is 28.3. The Hall–Kier alpha value is -0.820. The molecule has 0 atom stereocenters. The molecule has 0 unspecified atom stereocenters. The fourth-order valence-electron chi connectivity index (χ4n) is 5.55. The first-order chi connectivity index (χ1) is 17.8. The van der Waals surface area contributed by atoms with Crippen molar-refractivity contribution in [2.75, 3.05) is 0 Å². The fourth-order valence-corrected chi connectivity index (χ4v) is 10.2. The zero-order chi connectivity index (χ0) is 28.5. The molecule has 0 aromatic heterocycles. The molecule has 2 heteroatoms. The summed E-state index contributed by atoms with van der Waals surface area (Å²) >= 11 is 2.34. The molecule has 0 radical (unpaired) electrons. The van der Waals surface area contributed by atoms with E-state index in [-0.39, 0.29) is 0 Å². The summed E-state index contributed by atoms with van der Waals surface area (Å²) in [6, 6.07) is 17.2. The predicted molar refractivity (Wildman–Crippen MR) is 181 cm³/mol. The van der Waals surface area contributed by atoms with Crippen LogP contribution in [0.5, 0.6) is 0 Å². The molecule has 206 valence electrons. The zero-order valence-corrected chi connectivity index (χ0v) is 30.3. The molecule has 0 heterocycles. The van der Waals surface area contributed by atoms with Gasteiger partial charge in [0, 0.05) is 0 Å². The molecule has 0 amide bonds. The quantitative estimate of drug-likeness (QED) is 0.152. The van der Waals surface area contributed by atoms with Crippen molar-refractivity contribution in [1.82, 2.24) is 0 Å². The van der Waals surface area contributed by atoms with E-state index in [0.29, 0.717) is 35.5 Å². The molecule has 0 fully saturated rings. The first-order valence-corrected chi connectivity index (χ1v) is 22.5. The van der Waals surface area contributed by atoms with Gasteiger partial charge in [0.1, 0.15) is 0 Å². The summed E-state index contributed by atoms with van der Waals surface area (Å²) in [5, 5.41) is 0. The van der Waals surface area contributed by atoms with E-state index < -0.39 is 17.0 Å². The van der Waals surface area contributed by atoms with E-state index in [4.69, 9.17) is 0 Å². The van der Waals surface area contributed by atoms with Gasteiger partial charge in [-0.3, -0.25) is 0 Å². The van der Waals surface area contributed by atoms with Crippen LogP contribution in [0, 0.1) is 0 Å². The molecule has 0 aliphatic carbocycles. The Labute approximate surface area is 254 Å². The van der Waals surface area contributed by atoms with Crippen LogP contribution >= 0.6 is 18.7 Å². The van der Waals surface area contributed by atoms with Crippen LogP contribution in [0.1, 0.15) is 152 Å². The van der Waals surface area contributed by atoms with E-state index in [9.17, 15) is 0 Å². The molecule has 0 saturated carbocycles. The summed E-state index contributed by atoms with van der Waals surface area (Å²) in [6.07, 6.45) is 0. The van der Waals surface area contributed by atoms with Crippen LogP contribution in [0.15, 0.2) is 42.5 Å². The van der Waals surface area contributed by atoms with Crippen molar-refractivity contribution >= 4 is 39.3 Å². The second kappa shape index (κ2) is 13.2. The molecular weight excluding hydrogens is 687 g/mol. The molecular formula is C36H49ITe. The topological polar surface area (TPSA) is 0 Å². The molecule has 0 nitrogen and oxygen atoms in total. The normalized spacial score (nSPS) is 12.3. The van der Waals surface area contributed by atoms with Gasteiger partial charge in [-0.1, -0.05) is 0 Å². The summed E-state index contributed by atoms with van der Waals surface area (Å²) in [5.74, 6) is 2.99. The van der Waals surface area contributed by atoms with Crippen LogP contribution in [-0.4, -0.2) is 17.0 Å². The van der Waals surface area contributed by atoms with Crippen LogP contribution in [0.25, 0.3) is 22.3 Å². The summed E-state index contributed by atoms with van der Waals surface area (Å²) in [4.78, 5) is 0. The van der Waals surface area contributed by atoms with E-state index in [2.05, 4.69) is 144 Å². The van der Waals surface area contributed by atoms with Gasteiger partial charge in [0.25, 0.3) is 0 Å². The van der Waals surface area contributed by atoms with E-state index in [1.807, 2.05) is 0 Å². The number of hydrogen-bond donors (Lipinski definition) is 0. The van der Waals surface area contributed by atoms with Crippen LogP contribution in [0.4, 0.5) is 0 Å². The Bertz CT molecular complexity index is 1110. The third kappa shape index (κ3) is 6.56. The van der Waals surface area contributed by atoms with Crippen molar-refractivity contribution in [3.05, 3.63) is 75.8 Å². The molecule has 0 bridgehead atoms. The van der Waals surface area contributed by atoms with Crippen molar-refractivity contribution < 1.29 is 0 Å². The maximum atomic E-state index is 2.74. The van der Waals surface area contributed by atoms with Gasteiger partial charge < -0.3 is 0 Å². The van der Waals surface area contributed by atoms with Crippen LogP contribution in [0.2, 0.25) is 0 Å². The third-order valence-electron chi connectivity index (χ3n) is 7.90. The molecule has 3 aromatic carbocycles. The van der Waals surface area contributed by atoms with Crippen molar-refractivity contribution in [3.63, 3.8) is 0 Å². The average molecular weight is 736 g/mol. The van der Waals surface area contributed by atoms with Gasteiger partial charge in [-0.05, 0) is 0 Å². The van der Waals surface area contributed by atoms with E-state index >= 15 is 0 Å². The van der Waals surface area contributed by atoms with E-state index in [1.54, 1.807) is 3.61 Å². The Morgan fingerprint density at radius 3 is 0.974 bits per heavy atom. The van der Waals surface area contributed by atoms with Crippen LogP contribution < -0.4 is 3.61 Å². The third-order valence-corrected chi connectivity index (χ3v) is 12.5. The Morgan fingerprint density at radius 2 is 0.763 bits per heavy atom. The predicted octanol–water partition coefficient (Wildman–Crippen LogP) is 11.4. The zero-order valence-electron chi connectivity index (χ0n) is 25.8. The standard InChI is InChI=1S/C36H49ITe/c1-20(2)26-16-30(22(5)6)34(31(17-26)23(7)8)28-14-13-15-29(36(28)38-37)35-32(24(9)10)18-27(21(3)4)19-33(35)25(11)12/h13-25H,1-12H3. The van der Waals surface area contributed by atoms with Crippen LogP contribution in [-0.2, 0) is 0 Å². The molecule has 0 aliphatic heterocycles. The van der Waals surface area contributed by atoms with Gasteiger partial charge in [-0.2, -0.15) is 0 Å². The molecule has 38 heavy (non-hydrogen) atoms. The second-order valence-electron chi connectivity index (χ2n) is 12.8. The van der Waals surface area contributed by atoms with E-state index in [0.717, 1.165) is 0 Å². The summed E-state index contributed by atoms with van der Waals surface area (Å²) in [5.41, 5.74) is 15.0. The molecule has 0 aliphatic rings. The molecule has 0 N–H and O–H groups in total. The Kier molecular flexibility index (Phi) is 11.0. The van der Waals surface area contributed by atoms with Crippen LogP contribution in [0.3, 0.4) is 0 Å². The first kappa shape index (κ1) is 31.7. The maximum absolute atomic E-state index is 2.74. The monoisotopic (exact) mass is 738 g/mol. The fraction of sp³-hybridized carbons (Fsp3) is 0.500. The molecule has 3 rings (SSSR count). The number of rotatable bonds is 9. The molecule has 0 saturated heterocycles. The van der Waals surface area contributed by atoms with Gasteiger partial charge in [-0.25, -0.2) is 0 Å². The number of hydrogen-bond acceptors (Lipinski definition) is 0. The summed E-state index contributed by atoms with van der Waals surface area (Å²) < 4.78 is 1.61. The van der Waals surface area contributed by atoms with Crippen molar-refractivity contribution in [2.45, 2.75) is 119 Å². The Morgan fingerprint density at radius 1 is 0.474 bits per heavy atom. The van der Waals surface area contributed by atoms with Crippen molar-refractivity contribution in [3.8, 4) is 22.3 Å². The minimum absolute atomic E-state index is 0.402. The second-order valence-corrected chi connectivity index (χ2v) is 17.4. The first-order valence-electron chi connectivity index (χ1n) is 14.6.